The summed E-state index contributed by atoms with van der Waals surface area (Å²) in [5, 5.41) is 13.3. The molecule has 0 saturated heterocycles. The van der Waals surface area contributed by atoms with Crippen molar-refractivity contribution in [2.45, 2.75) is 83.8 Å². The van der Waals surface area contributed by atoms with Gasteiger partial charge in [-0.2, -0.15) is 0 Å². The topological polar surface area (TPSA) is 58.6 Å². The molecule has 4 aliphatic carbocycles. The Hall–Kier alpha value is -0.770. The smallest absolute Gasteiger partial charge is 0.407 e. The molecule has 0 bridgehead atoms. The van der Waals surface area contributed by atoms with E-state index < -0.39 is 0 Å². The fourth-order valence-corrected chi connectivity index (χ4v) is 7.67. The maximum absolute atomic E-state index is 11.8. The summed E-state index contributed by atoms with van der Waals surface area (Å²) in [6, 6.07) is 0.268. The maximum Gasteiger partial charge on any atom is 0.407 e. The molecule has 25 heavy (non-hydrogen) atoms. The molecule has 4 rings (SSSR count). The Bertz CT molecular complexity index is 537. The minimum atomic E-state index is -0.272. The molecule has 0 unspecified atom stereocenters. The van der Waals surface area contributed by atoms with Crippen LogP contribution in [0, 0.1) is 34.5 Å². The van der Waals surface area contributed by atoms with Gasteiger partial charge in [-0.05, 0) is 92.3 Å². The van der Waals surface area contributed by atoms with Gasteiger partial charge in [0, 0.05) is 6.04 Å². The fourth-order valence-electron chi connectivity index (χ4n) is 7.67. The Balaban J connectivity index is 1.55. The number of hydrogen-bond acceptors (Lipinski definition) is 3. The summed E-state index contributed by atoms with van der Waals surface area (Å²) >= 11 is 0. The van der Waals surface area contributed by atoms with Crippen LogP contribution in [0.4, 0.5) is 4.79 Å². The Morgan fingerprint density at radius 1 is 1.00 bits per heavy atom. The molecule has 0 aromatic rings. The molecule has 4 saturated carbocycles. The number of amides is 1. The highest BCUT2D eigenvalue weighted by atomic mass is 16.5. The monoisotopic (exact) mass is 349 g/mol. The quantitative estimate of drug-likeness (QED) is 0.749. The molecule has 0 aromatic heterocycles. The molecule has 1 amide bonds. The van der Waals surface area contributed by atoms with Crippen LogP contribution in [0.25, 0.3) is 0 Å². The zero-order chi connectivity index (χ0) is 17.8. The van der Waals surface area contributed by atoms with Crippen LogP contribution in [0.3, 0.4) is 0 Å². The lowest BCUT2D eigenvalue weighted by Gasteiger charge is -2.60. The number of rotatable bonds is 1. The second-order valence-electron chi connectivity index (χ2n) is 9.90. The van der Waals surface area contributed by atoms with E-state index in [0.29, 0.717) is 11.3 Å². The normalized spacial score (nSPS) is 51.8. The van der Waals surface area contributed by atoms with Crippen LogP contribution in [-0.2, 0) is 4.74 Å². The van der Waals surface area contributed by atoms with Gasteiger partial charge in [0.25, 0.3) is 0 Å². The molecular weight excluding hydrogens is 314 g/mol. The van der Waals surface area contributed by atoms with Gasteiger partial charge in [0.2, 0.25) is 0 Å². The molecule has 4 heteroatoms. The number of carbonyl (C=O) groups excluding carboxylic acids is 1. The SMILES string of the molecule is COC(=O)N[C@H]1CC[C@@H]2[C@@H]3CC[C@H]4C[C@H](O)CC[C@]4(C)[C@H]3CC[C@]12C. The third-order valence-electron chi connectivity index (χ3n) is 9.12. The number of aliphatic hydroxyl groups is 1. The molecule has 142 valence electrons. The van der Waals surface area contributed by atoms with E-state index in [1.165, 1.54) is 45.6 Å². The average Bonchev–Trinajstić information content (AvgIpc) is 2.92. The summed E-state index contributed by atoms with van der Waals surface area (Å²) in [5.41, 5.74) is 0.657. The van der Waals surface area contributed by atoms with Crippen LogP contribution in [0.5, 0.6) is 0 Å². The largest absolute Gasteiger partial charge is 0.453 e. The fraction of sp³-hybridized carbons (Fsp3) is 0.952. The van der Waals surface area contributed by atoms with E-state index in [1.54, 1.807) is 0 Å². The maximum atomic E-state index is 11.8. The van der Waals surface area contributed by atoms with Gasteiger partial charge >= 0.3 is 6.09 Å². The molecule has 8 atom stereocenters. The van der Waals surface area contributed by atoms with Crippen molar-refractivity contribution in [2.24, 2.45) is 34.5 Å². The summed E-state index contributed by atoms with van der Waals surface area (Å²) < 4.78 is 4.87. The van der Waals surface area contributed by atoms with Crippen molar-refractivity contribution in [2.75, 3.05) is 7.11 Å². The van der Waals surface area contributed by atoms with Crippen LogP contribution >= 0.6 is 0 Å². The second-order valence-corrected chi connectivity index (χ2v) is 9.90. The predicted octanol–water partition coefficient (Wildman–Crippen LogP) is 4.11. The standard InChI is InChI=1S/C21H35NO3/c1-20-10-8-14(23)12-13(20)4-5-15-16-6-7-18(22-19(24)25-3)21(16,2)11-9-17(15)20/h13-18,23H,4-12H2,1-3H3,(H,22,24)/t13-,14+,15-,16+,17-,18-,20-,21-/m0/s1. The van der Waals surface area contributed by atoms with Gasteiger partial charge in [-0.3, -0.25) is 0 Å². The first-order chi connectivity index (χ1) is 11.9. The van der Waals surface area contributed by atoms with E-state index in [0.717, 1.165) is 37.0 Å². The van der Waals surface area contributed by atoms with Gasteiger partial charge in [0.15, 0.2) is 0 Å². The lowest BCUT2D eigenvalue weighted by molar-refractivity contribution is -0.123. The van der Waals surface area contributed by atoms with Gasteiger partial charge in [0.05, 0.1) is 13.2 Å². The van der Waals surface area contributed by atoms with Crippen molar-refractivity contribution < 1.29 is 14.6 Å². The van der Waals surface area contributed by atoms with Crippen molar-refractivity contribution >= 4 is 6.09 Å². The number of methoxy groups -OCH3 is 1. The highest BCUT2D eigenvalue weighted by Gasteiger charge is 2.60. The van der Waals surface area contributed by atoms with Crippen LogP contribution in [0.2, 0.25) is 0 Å². The van der Waals surface area contributed by atoms with E-state index >= 15 is 0 Å². The third kappa shape index (κ3) is 2.62. The minimum Gasteiger partial charge on any atom is -0.453 e. The number of aliphatic hydroxyl groups excluding tert-OH is 1. The number of ether oxygens (including phenoxy) is 1. The van der Waals surface area contributed by atoms with Crippen LogP contribution in [-0.4, -0.2) is 30.5 Å². The van der Waals surface area contributed by atoms with E-state index in [4.69, 9.17) is 4.74 Å². The van der Waals surface area contributed by atoms with Crippen molar-refractivity contribution in [1.82, 2.24) is 5.32 Å². The number of alkyl carbamates (subject to hydrolysis) is 1. The molecule has 4 aliphatic rings. The Morgan fingerprint density at radius 2 is 1.72 bits per heavy atom. The first kappa shape index (κ1) is 17.6. The van der Waals surface area contributed by atoms with Crippen molar-refractivity contribution in [1.29, 1.82) is 0 Å². The van der Waals surface area contributed by atoms with Gasteiger partial charge in [-0.25, -0.2) is 4.79 Å². The van der Waals surface area contributed by atoms with Crippen LogP contribution < -0.4 is 5.32 Å². The molecule has 0 spiro atoms. The molecule has 0 radical (unpaired) electrons. The second kappa shape index (κ2) is 6.14. The lowest BCUT2D eigenvalue weighted by atomic mass is 9.45. The van der Waals surface area contributed by atoms with Gasteiger partial charge in [-0.15, -0.1) is 0 Å². The third-order valence-corrected chi connectivity index (χ3v) is 9.12. The number of fused-ring (bicyclic) bond motifs is 5. The molecular formula is C21H35NO3. The predicted molar refractivity (Wildman–Crippen MR) is 97.1 cm³/mol. The van der Waals surface area contributed by atoms with E-state index in [9.17, 15) is 9.90 Å². The summed E-state index contributed by atoms with van der Waals surface area (Å²) in [5.74, 6) is 3.07. The number of nitrogens with one attached hydrogen (secondary N) is 1. The van der Waals surface area contributed by atoms with Gasteiger partial charge < -0.3 is 15.2 Å². The van der Waals surface area contributed by atoms with Gasteiger partial charge in [-0.1, -0.05) is 13.8 Å². The van der Waals surface area contributed by atoms with E-state index in [1.807, 2.05) is 0 Å². The zero-order valence-corrected chi connectivity index (χ0v) is 16.1. The molecule has 4 fully saturated rings. The average molecular weight is 350 g/mol. The summed E-state index contributed by atoms with van der Waals surface area (Å²) in [6.07, 6.45) is 10.3. The van der Waals surface area contributed by atoms with E-state index in [-0.39, 0.29) is 23.7 Å². The Kier molecular flexibility index (Phi) is 4.33. The Labute approximate surface area is 152 Å². The molecule has 0 aliphatic heterocycles. The molecule has 2 N–H and O–H groups in total. The first-order valence-electron chi connectivity index (χ1n) is 10.4. The zero-order valence-electron chi connectivity index (χ0n) is 16.1. The summed E-state index contributed by atoms with van der Waals surface area (Å²) in [6.45, 7) is 4.95. The van der Waals surface area contributed by atoms with E-state index in [2.05, 4.69) is 19.2 Å². The summed E-state index contributed by atoms with van der Waals surface area (Å²) in [4.78, 5) is 11.8. The molecule has 4 nitrogen and oxygen atoms in total. The van der Waals surface area contributed by atoms with Crippen molar-refractivity contribution in [3.63, 3.8) is 0 Å². The minimum absolute atomic E-state index is 0.0661. The lowest BCUT2D eigenvalue weighted by Crippen LogP contribution is -2.56. The summed E-state index contributed by atoms with van der Waals surface area (Å²) in [7, 11) is 1.46. The molecule has 0 heterocycles. The number of hydrogen-bond donors (Lipinski definition) is 2. The van der Waals surface area contributed by atoms with Gasteiger partial charge in [0.1, 0.15) is 0 Å². The Morgan fingerprint density at radius 3 is 2.48 bits per heavy atom. The molecule has 0 aromatic carbocycles. The van der Waals surface area contributed by atoms with Crippen LogP contribution in [0.15, 0.2) is 0 Å². The highest BCUT2D eigenvalue weighted by molar-refractivity contribution is 5.67. The van der Waals surface area contributed by atoms with Crippen molar-refractivity contribution in [3.05, 3.63) is 0 Å². The van der Waals surface area contributed by atoms with Crippen LogP contribution in [0.1, 0.15) is 71.6 Å². The highest BCUT2D eigenvalue weighted by Crippen LogP contribution is 2.66. The first-order valence-corrected chi connectivity index (χ1v) is 10.4. The van der Waals surface area contributed by atoms with Crippen molar-refractivity contribution in [3.8, 4) is 0 Å². The number of carbonyl (C=O) groups is 1.